The van der Waals surface area contributed by atoms with E-state index in [1.54, 1.807) is 0 Å². The molecule has 9 heteroatoms. The Labute approximate surface area is 166 Å². The van der Waals surface area contributed by atoms with Gasteiger partial charge in [0, 0.05) is 29.6 Å². The van der Waals surface area contributed by atoms with Crippen molar-refractivity contribution in [1.82, 2.24) is 0 Å². The molecule has 0 fully saturated rings. The van der Waals surface area contributed by atoms with Crippen LogP contribution in [0, 0.1) is 11.8 Å². The molecule has 0 aromatic heterocycles. The summed E-state index contributed by atoms with van der Waals surface area (Å²) in [7, 11) is -4.83. The van der Waals surface area contributed by atoms with Crippen molar-refractivity contribution in [3.63, 3.8) is 0 Å². The van der Waals surface area contributed by atoms with Gasteiger partial charge < -0.3 is 9.47 Å². The van der Waals surface area contributed by atoms with Crippen LogP contribution in [0.5, 0.6) is 0 Å². The fourth-order valence-electron chi connectivity index (χ4n) is 1.54. The third-order valence-electron chi connectivity index (χ3n) is 3.37. The molecule has 0 aromatic carbocycles. The van der Waals surface area contributed by atoms with Gasteiger partial charge in [0.25, 0.3) is 10.1 Å². The number of hydrogen-bond acceptors (Lipinski definition) is 6. The molecule has 0 heterocycles. The van der Waals surface area contributed by atoms with E-state index in [2.05, 4.69) is 0 Å². The zero-order valence-electron chi connectivity index (χ0n) is 15.5. The van der Waals surface area contributed by atoms with Crippen LogP contribution in [0.1, 0.15) is 53.9 Å². The summed E-state index contributed by atoms with van der Waals surface area (Å²) in [6.07, 6.45) is 0.379. The Morgan fingerprint density at radius 3 is 1.79 bits per heavy atom. The SMILES string of the molecule is CC(C)CCOC(=O)CC(C)(C(=O)OCCC(C)C)S(=O)(=O)O.[Na]. The second kappa shape index (κ2) is 11.5. The fourth-order valence-corrected chi connectivity index (χ4v) is 2.11. The number of carbonyl (C=O) groups is 2. The summed E-state index contributed by atoms with van der Waals surface area (Å²) in [5.41, 5.74) is 0. The zero-order valence-corrected chi connectivity index (χ0v) is 18.3. The molecule has 0 amide bonds. The van der Waals surface area contributed by atoms with Crippen LogP contribution in [0.25, 0.3) is 0 Å². The largest absolute Gasteiger partial charge is 0.466 e. The summed E-state index contributed by atoms with van der Waals surface area (Å²) < 4.78 is 39.9. The van der Waals surface area contributed by atoms with E-state index in [4.69, 9.17) is 9.47 Å². The van der Waals surface area contributed by atoms with E-state index in [0.29, 0.717) is 18.8 Å². The third-order valence-corrected chi connectivity index (χ3v) is 4.82. The van der Waals surface area contributed by atoms with E-state index >= 15 is 0 Å². The van der Waals surface area contributed by atoms with Gasteiger partial charge in [-0.3, -0.25) is 14.1 Å². The van der Waals surface area contributed by atoms with Crippen molar-refractivity contribution in [3.05, 3.63) is 0 Å². The number of hydrogen-bond donors (Lipinski definition) is 1. The van der Waals surface area contributed by atoms with Crippen molar-refractivity contribution in [2.24, 2.45) is 11.8 Å². The van der Waals surface area contributed by atoms with Crippen LogP contribution in [0.4, 0.5) is 0 Å². The molecule has 137 valence electrons. The average Bonchev–Trinajstić information content (AvgIpc) is 2.35. The van der Waals surface area contributed by atoms with E-state index in [0.717, 1.165) is 6.92 Å². The summed E-state index contributed by atoms with van der Waals surface area (Å²) in [5.74, 6) is -1.44. The molecule has 0 saturated carbocycles. The van der Waals surface area contributed by atoms with Gasteiger partial charge in [-0.2, -0.15) is 8.42 Å². The van der Waals surface area contributed by atoms with Gasteiger partial charge in [-0.1, -0.05) is 27.7 Å². The molecule has 0 spiro atoms. The van der Waals surface area contributed by atoms with E-state index in [1.165, 1.54) is 0 Å². The zero-order chi connectivity index (χ0) is 18.3. The van der Waals surface area contributed by atoms with E-state index in [1.807, 2.05) is 27.7 Å². The second-order valence-corrected chi connectivity index (χ2v) is 8.46. The normalized spacial score (nSPS) is 14.0. The number of ether oxygens (including phenoxy) is 2. The molecule has 0 bridgehead atoms. The Balaban J connectivity index is 0. The van der Waals surface area contributed by atoms with Crippen LogP contribution in [0.15, 0.2) is 0 Å². The van der Waals surface area contributed by atoms with Crippen LogP contribution >= 0.6 is 0 Å². The van der Waals surface area contributed by atoms with Gasteiger partial charge in [0.15, 0.2) is 0 Å². The van der Waals surface area contributed by atoms with Crippen molar-refractivity contribution in [1.29, 1.82) is 0 Å². The first-order valence-electron chi connectivity index (χ1n) is 7.70. The molecule has 1 N–H and O–H groups in total. The molecule has 0 aliphatic rings. The summed E-state index contributed by atoms with van der Waals surface area (Å²) in [6.45, 7) is 8.84. The van der Waals surface area contributed by atoms with Crippen molar-refractivity contribution >= 4 is 51.6 Å². The van der Waals surface area contributed by atoms with Crippen LogP contribution in [0.3, 0.4) is 0 Å². The molecule has 0 saturated heterocycles. The monoisotopic (exact) mass is 375 g/mol. The number of carbonyl (C=O) groups excluding carboxylic acids is 2. The third kappa shape index (κ3) is 9.36. The maximum Gasteiger partial charge on any atom is 0.330 e. The Morgan fingerprint density at radius 1 is 1.00 bits per heavy atom. The van der Waals surface area contributed by atoms with Gasteiger partial charge in [-0.25, -0.2) is 0 Å². The van der Waals surface area contributed by atoms with Crippen LogP contribution in [-0.2, 0) is 29.2 Å². The van der Waals surface area contributed by atoms with Gasteiger partial charge in [-0.15, -0.1) is 0 Å². The fraction of sp³-hybridized carbons (Fsp3) is 0.867. The van der Waals surface area contributed by atoms with Crippen molar-refractivity contribution in [3.8, 4) is 0 Å². The summed E-state index contributed by atoms with van der Waals surface area (Å²) >= 11 is 0. The maximum absolute atomic E-state index is 12.0. The molecular formula is C15H28NaO7S. The van der Waals surface area contributed by atoms with Gasteiger partial charge >= 0.3 is 11.9 Å². The molecule has 7 nitrogen and oxygen atoms in total. The Hall–Kier alpha value is -0.150. The first-order valence-corrected chi connectivity index (χ1v) is 9.14. The van der Waals surface area contributed by atoms with Crippen molar-refractivity contribution in [2.45, 2.75) is 58.6 Å². The first-order chi connectivity index (χ1) is 10.4. The topological polar surface area (TPSA) is 107 Å². The first kappa shape index (κ1) is 26.1. The minimum atomic E-state index is -4.83. The molecule has 1 unspecified atom stereocenters. The smallest absolute Gasteiger partial charge is 0.330 e. The average molecular weight is 375 g/mol. The van der Waals surface area contributed by atoms with Gasteiger partial charge in [0.05, 0.1) is 19.6 Å². The molecule has 24 heavy (non-hydrogen) atoms. The van der Waals surface area contributed by atoms with Crippen LogP contribution < -0.4 is 0 Å². The predicted octanol–water partition coefficient (Wildman–Crippen LogP) is 1.82. The molecular weight excluding hydrogens is 347 g/mol. The standard InChI is InChI=1S/C15H28O7S.Na/c1-11(2)6-8-21-13(16)10-15(5,23(18,19)20)14(17)22-9-7-12(3)4;/h11-12H,6-10H2,1-5H3,(H,18,19,20);. The van der Waals surface area contributed by atoms with Crippen LogP contribution in [0.2, 0.25) is 0 Å². The summed E-state index contributed by atoms with van der Waals surface area (Å²) in [6, 6.07) is 0. The van der Waals surface area contributed by atoms with Crippen molar-refractivity contribution in [2.75, 3.05) is 13.2 Å². The number of rotatable bonds is 10. The predicted molar refractivity (Wildman–Crippen MR) is 91.2 cm³/mol. The van der Waals surface area contributed by atoms with Crippen LogP contribution in [-0.4, -0.2) is 72.4 Å². The molecule has 0 rings (SSSR count). The quantitative estimate of drug-likeness (QED) is 0.352. The van der Waals surface area contributed by atoms with E-state index in [-0.39, 0.29) is 48.7 Å². The van der Waals surface area contributed by atoms with E-state index in [9.17, 15) is 22.6 Å². The van der Waals surface area contributed by atoms with Crippen molar-refractivity contribution < 1.29 is 32.0 Å². The Morgan fingerprint density at radius 2 is 1.42 bits per heavy atom. The maximum atomic E-state index is 12.0. The molecule has 0 aliphatic carbocycles. The number of esters is 2. The summed E-state index contributed by atoms with van der Waals surface area (Å²) in [4.78, 5) is 23.8. The Bertz CT molecular complexity index is 502. The van der Waals surface area contributed by atoms with Gasteiger partial charge in [0.1, 0.15) is 0 Å². The minimum absolute atomic E-state index is 0. The Kier molecular flexibility index (Phi) is 12.5. The second-order valence-electron chi connectivity index (χ2n) is 6.60. The molecule has 1 atom stereocenters. The minimum Gasteiger partial charge on any atom is -0.466 e. The molecule has 1 radical (unpaired) electrons. The van der Waals surface area contributed by atoms with Gasteiger partial charge in [0.2, 0.25) is 4.75 Å². The molecule has 0 aliphatic heterocycles. The summed E-state index contributed by atoms with van der Waals surface area (Å²) in [5, 5.41) is 0. The van der Waals surface area contributed by atoms with Gasteiger partial charge in [-0.05, 0) is 31.6 Å². The molecule has 0 aromatic rings. The van der Waals surface area contributed by atoms with E-state index < -0.39 is 33.2 Å².